The van der Waals surface area contributed by atoms with Gasteiger partial charge in [-0.05, 0) is 78.7 Å². The van der Waals surface area contributed by atoms with Crippen molar-refractivity contribution in [1.82, 2.24) is 4.90 Å². The highest BCUT2D eigenvalue weighted by atomic mass is 16.7. The highest BCUT2D eigenvalue weighted by molar-refractivity contribution is 5.73. The maximum Gasteiger partial charge on any atom is 0.311 e. The average Bonchev–Trinajstić information content (AvgIpc) is 2.90. The largest absolute Gasteiger partial charge is 0.459 e. The van der Waals surface area contributed by atoms with Crippen molar-refractivity contribution in [2.24, 2.45) is 23.2 Å². The molecule has 0 aromatic rings. The molecule has 10 heteroatoms. The zero-order chi connectivity index (χ0) is 32.6. The molecule has 4 N–H and O–H groups in total. The summed E-state index contributed by atoms with van der Waals surface area (Å²) in [6, 6.07) is -0.443. The summed E-state index contributed by atoms with van der Waals surface area (Å²) >= 11 is 0. The Bertz CT molecular complexity index is 895. The first-order valence-corrected chi connectivity index (χ1v) is 15.6. The summed E-state index contributed by atoms with van der Waals surface area (Å²) in [7, 11) is 3.42. The van der Waals surface area contributed by atoms with Gasteiger partial charge in [-0.25, -0.2) is 0 Å². The second-order valence-corrected chi connectivity index (χ2v) is 14.6. The minimum Gasteiger partial charge on any atom is -0.459 e. The van der Waals surface area contributed by atoms with Crippen molar-refractivity contribution in [2.75, 3.05) is 20.7 Å². The third kappa shape index (κ3) is 7.50. The fraction of sp³-hybridized carbons (Fsp3) is 0.969. The maximum atomic E-state index is 13.8. The molecule has 248 valence electrons. The molecule has 2 saturated heterocycles. The van der Waals surface area contributed by atoms with Crippen LogP contribution in [-0.2, 0) is 23.7 Å². The number of hydrogen-bond donors (Lipinski definition) is 4. The topological polar surface area (TPSA) is 138 Å². The molecular weight excluding hydrogens is 542 g/mol. The van der Waals surface area contributed by atoms with Crippen molar-refractivity contribution in [3.05, 3.63) is 0 Å². The lowest BCUT2D eigenvalue weighted by Gasteiger charge is -2.50. The number of likely N-dealkylation sites (N-methyl/N-ethyl adjacent to an activating group) is 1. The van der Waals surface area contributed by atoms with Crippen molar-refractivity contribution in [3.8, 4) is 0 Å². The number of nitrogens with zero attached hydrogens (tertiary/aromatic N) is 1. The number of hydrogen-bond acceptors (Lipinski definition) is 10. The predicted octanol–water partition coefficient (Wildman–Crippen LogP) is 3.12. The number of cyclic esters (lactones) is 1. The summed E-state index contributed by atoms with van der Waals surface area (Å²) in [6.07, 6.45) is -4.18. The van der Waals surface area contributed by atoms with E-state index in [0.29, 0.717) is 19.4 Å². The van der Waals surface area contributed by atoms with Crippen molar-refractivity contribution in [1.29, 1.82) is 0 Å². The zero-order valence-electron chi connectivity index (χ0n) is 28.4. The third-order valence-corrected chi connectivity index (χ3v) is 11.0. The highest BCUT2D eigenvalue weighted by Crippen LogP contribution is 2.46. The van der Waals surface area contributed by atoms with Crippen molar-refractivity contribution in [3.63, 3.8) is 0 Å². The summed E-state index contributed by atoms with van der Waals surface area (Å²) in [5, 5.41) is 45.5. The van der Waals surface area contributed by atoms with Gasteiger partial charge in [0.15, 0.2) is 6.29 Å². The van der Waals surface area contributed by atoms with Gasteiger partial charge < -0.3 is 44.3 Å². The van der Waals surface area contributed by atoms with Crippen molar-refractivity contribution >= 4 is 5.97 Å². The van der Waals surface area contributed by atoms with Gasteiger partial charge in [-0.2, -0.15) is 0 Å². The number of carbonyl (C=O) groups is 1. The van der Waals surface area contributed by atoms with E-state index >= 15 is 0 Å². The lowest BCUT2D eigenvalue weighted by molar-refractivity contribution is -0.300. The van der Waals surface area contributed by atoms with Crippen LogP contribution < -0.4 is 0 Å². The molecule has 0 spiro atoms. The van der Waals surface area contributed by atoms with E-state index in [9.17, 15) is 25.2 Å². The van der Waals surface area contributed by atoms with Crippen LogP contribution in [0.2, 0.25) is 0 Å². The number of esters is 1. The smallest absolute Gasteiger partial charge is 0.311 e. The second kappa shape index (κ2) is 13.6. The van der Waals surface area contributed by atoms with Crippen LogP contribution in [0.1, 0.15) is 95.4 Å². The van der Waals surface area contributed by atoms with Crippen LogP contribution >= 0.6 is 0 Å². The molecule has 0 aliphatic carbocycles. The van der Waals surface area contributed by atoms with Crippen LogP contribution in [0.15, 0.2) is 0 Å². The van der Waals surface area contributed by atoms with Crippen molar-refractivity contribution in [2.45, 2.75) is 155 Å². The maximum absolute atomic E-state index is 13.8. The van der Waals surface area contributed by atoms with Crippen LogP contribution in [0, 0.1) is 23.2 Å². The lowest BCUT2D eigenvalue weighted by Crippen LogP contribution is -2.59. The summed E-state index contributed by atoms with van der Waals surface area (Å²) < 4.78 is 24.3. The minimum atomic E-state index is -1.72. The third-order valence-electron chi connectivity index (χ3n) is 11.0. The Kier molecular flexibility index (Phi) is 12.1. The van der Waals surface area contributed by atoms with Gasteiger partial charge in [-0.1, -0.05) is 34.6 Å². The zero-order valence-corrected chi connectivity index (χ0v) is 28.4. The van der Waals surface area contributed by atoms with E-state index < -0.39 is 77.0 Å². The van der Waals surface area contributed by atoms with E-state index in [2.05, 4.69) is 6.92 Å². The van der Waals surface area contributed by atoms with Crippen LogP contribution in [0.4, 0.5) is 0 Å². The highest BCUT2D eigenvalue weighted by Gasteiger charge is 2.53. The van der Waals surface area contributed by atoms with E-state index in [1.54, 1.807) is 27.7 Å². The Hall–Kier alpha value is -0.850. The molecule has 0 amide bonds. The number of ether oxygens (including phenoxy) is 4. The van der Waals surface area contributed by atoms with Crippen LogP contribution in [-0.4, -0.2) is 112 Å². The summed E-state index contributed by atoms with van der Waals surface area (Å²) in [6.45, 7) is 20.8. The van der Waals surface area contributed by atoms with E-state index in [1.807, 2.05) is 46.6 Å². The van der Waals surface area contributed by atoms with Crippen LogP contribution in [0.5, 0.6) is 0 Å². The van der Waals surface area contributed by atoms with Gasteiger partial charge in [0.25, 0.3) is 0 Å². The molecular formula is C32H61NO9. The Morgan fingerprint density at radius 2 is 1.55 bits per heavy atom. The Morgan fingerprint density at radius 1 is 0.976 bits per heavy atom. The Balaban J connectivity index is 2.60. The lowest BCUT2D eigenvalue weighted by atomic mass is 9.62. The van der Waals surface area contributed by atoms with Crippen LogP contribution in [0.25, 0.3) is 0 Å². The SMILES string of the molecule is CC[C@H]1OC(=O)[C@H](C)[C@@H](O[C@H]2C[C@@](C)(OC)[C@@H](O)[C@H](C)O2)[C@H](C)C(C)(C)[C@](C)(O)C[C@@H](C)CN(C)[C@H](C)[C@@H](O)[C@]1(C)O. The molecule has 0 radical (unpaired) electrons. The van der Waals surface area contributed by atoms with E-state index in [0.717, 1.165) is 0 Å². The van der Waals surface area contributed by atoms with Crippen molar-refractivity contribution < 1.29 is 44.2 Å². The van der Waals surface area contributed by atoms with E-state index in [4.69, 9.17) is 18.9 Å². The van der Waals surface area contributed by atoms with Gasteiger partial charge in [0.05, 0.1) is 29.3 Å². The number of methoxy groups -OCH3 is 1. The van der Waals surface area contributed by atoms with Gasteiger partial charge in [-0.3, -0.25) is 4.79 Å². The fourth-order valence-corrected chi connectivity index (χ4v) is 6.92. The number of rotatable bonds is 4. The van der Waals surface area contributed by atoms with E-state index in [1.165, 1.54) is 14.0 Å². The standard InChI is InChI=1S/C32H61NO9/c1-14-23-32(11,38)26(34)21(5)33(12)17-18(2)15-31(10,37)29(7,8)20(4)25(19(3)28(36)41-23)42-24-16-30(9,39-13)27(35)22(6)40-24/h18-27,34-35,37-38H,14-17H2,1-13H3/t18-,19-,20+,21-,22+,23-,24+,25-,26-,27+,30-,31-,32-/m1/s1. The molecule has 0 bridgehead atoms. The molecule has 13 atom stereocenters. The first kappa shape index (κ1) is 37.3. The first-order chi connectivity index (χ1) is 19.1. The van der Waals surface area contributed by atoms with Gasteiger partial charge in [0, 0.05) is 26.1 Å². The Morgan fingerprint density at radius 3 is 2.07 bits per heavy atom. The van der Waals surface area contributed by atoms with Gasteiger partial charge in [-0.15, -0.1) is 0 Å². The number of aliphatic hydroxyl groups excluding tert-OH is 2. The molecule has 2 aliphatic heterocycles. The molecule has 0 aromatic carbocycles. The predicted molar refractivity (Wildman–Crippen MR) is 161 cm³/mol. The quantitative estimate of drug-likeness (QED) is 0.355. The molecule has 42 heavy (non-hydrogen) atoms. The molecule has 10 nitrogen and oxygen atoms in total. The second-order valence-electron chi connectivity index (χ2n) is 14.6. The molecule has 2 fully saturated rings. The summed E-state index contributed by atoms with van der Waals surface area (Å²) in [4.78, 5) is 15.8. The monoisotopic (exact) mass is 603 g/mol. The van der Waals surface area contributed by atoms with E-state index in [-0.39, 0.29) is 18.3 Å². The summed E-state index contributed by atoms with van der Waals surface area (Å²) in [5.74, 6) is -1.72. The first-order valence-electron chi connectivity index (χ1n) is 15.6. The molecule has 2 heterocycles. The normalized spacial score (nSPS) is 48.6. The molecule has 0 aromatic heterocycles. The summed E-state index contributed by atoms with van der Waals surface area (Å²) in [5.41, 5.74) is -4.53. The van der Waals surface area contributed by atoms with Gasteiger partial charge in [0.2, 0.25) is 0 Å². The van der Waals surface area contributed by atoms with Crippen LogP contribution in [0.3, 0.4) is 0 Å². The average molecular weight is 604 g/mol. The fourth-order valence-electron chi connectivity index (χ4n) is 6.92. The number of aliphatic hydroxyl groups is 4. The van der Waals surface area contributed by atoms with Gasteiger partial charge in [0.1, 0.15) is 23.9 Å². The molecule has 0 unspecified atom stereocenters. The molecule has 2 rings (SSSR count). The Labute approximate surface area is 254 Å². The number of carbonyl (C=O) groups excluding carboxylic acids is 1. The van der Waals surface area contributed by atoms with Gasteiger partial charge >= 0.3 is 5.97 Å². The molecule has 2 aliphatic rings. The minimum absolute atomic E-state index is 0.0456. The molecule has 0 saturated carbocycles.